The van der Waals surface area contributed by atoms with Gasteiger partial charge in [0.05, 0.1) is 10.2 Å². The number of benzene rings is 2. The van der Waals surface area contributed by atoms with Crippen LogP contribution in [0.5, 0.6) is 0 Å². The van der Waals surface area contributed by atoms with Gasteiger partial charge in [0, 0.05) is 29.9 Å². The maximum Gasteiger partial charge on any atom is 0.538 e. The van der Waals surface area contributed by atoms with Gasteiger partial charge in [-0.1, -0.05) is 30.3 Å². The van der Waals surface area contributed by atoms with E-state index in [2.05, 4.69) is 35.3 Å². The fourth-order valence-corrected chi connectivity index (χ4v) is 21.3. The maximum absolute atomic E-state index is 6.11. The van der Waals surface area contributed by atoms with Crippen LogP contribution in [0.2, 0.25) is 0 Å². The highest BCUT2D eigenvalue weighted by atomic mass is 33.9. The minimum absolute atomic E-state index is 0.559. The number of thiazole rings is 1. The van der Waals surface area contributed by atoms with Crippen LogP contribution in [0.15, 0.2) is 57.8 Å². The average molecular weight is 598 g/mol. The number of hydrogen-bond acceptors (Lipinski definition) is 12. The lowest BCUT2D eigenvalue weighted by Gasteiger charge is -2.29. The minimum Gasteiger partial charge on any atom is -0.370 e. The van der Waals surface area contributed by atoms with Gasteiger partial charge in [-0.3, -0.25) is 0 Å². The minimum atomic E-state index is -2.92. The molecule has 4 nitrogen and oxygen atoms in total. The summed E-state index contributed by atoms with van der Waals surface area (Å²) in [5.74, 6) is 0. The predicted octanol–water partition coefficient (Wildman–Crippen LogP) is 8.59. The van der Waals surface area contributed by atoms with Crippen molar-refractivity contribution in [1.29, 1.82) is 0 Å². The highest BCUT2D eigenvalue weighted by Gasteiger charge is 2.45. The van der Waals surface area contributed by atoms with Gasteiger partial charge in [-0.2, -0.15) is 0 Å². The van der Waals surface area contributed by atoms with Gasteiger partial charge in [0.2, 0.25) is 0 Å². The Labute approximate surface area is 221 Å². The van der Waals surface area contributed by atoms with Crippen LogP contribution in [-0.4, -0.2) is 33.6 Å². The van der Waals surface area contributed by atoms with Crippen molar-refractivity contribution >= 4 is 106 Å². The fourth-order valence-electron chi connectivity index (χ4n) is 2.73. The van der Waals surface area contributed by atoms with Crippen molar-refractivity contribution in [2.75, 3.05) is 19.8 Å². The van der Waals surface area contributed by atoms with E-state index >= 15 is 0 Å². The van der Waals surface area contributed by atoms with Crippen LogP contribution in [0.25, 0.3) is 10.2 Å². The van der Waals surface area contributed by atoms with Crippen molar-refractivity contribution in [3.8, 4) is 0 Å². The van der Waals surface area contributed by atoms with Gasteiger partial charge >= 0.3 is 8.80 Å². The quantitative estimate of drug-likeness (QED) is 0.0960. The Morgan fingerprint density at radius 1 is 0.750 bits per heavy atom. The third kappa shape index (κ3) is 7.95. The van der Waals surface area contributed by atoms with Crippen LogP contribution in [0.3, 0.4) is 0 Å². The van der Waals surface area contributed by atoms with E-state index in [0.717, 1.165) is 19.9 Å². The second-order valence-electron chi connectivity index (χ2n) is 5.81. The monoisotopic (exact) mass is 597 g/mol. The molecule has 0 aliphatic carbocycles. The second kappa shape index (κ2) is 15.1. The average Bonchev–Trinajstić information content (AvgIpc) is 3.22. The molecule has 2 aromatic carbocycles. The van der Waals surface area contributed by atoms with E-state index in [4.69, 9.17) is 13.3 Å². The van der Waals surface area contributed by atoms with Crippen molar-refractivity contribution < 1.29 is 13.3 Å². The zero-order chi connectivity index (χ0) is 22.7. The molecule has 0 spiro atoms. The number of rotatable bonds is 15. The Morgan fingerprint density at radius 2 is 1.34 bits per heavy atom. The third-order valence-electron chi connectivity index (χ3n) is 3.83. The van der Waals surface area contributed by atoms with E-state index in [1.807, 2.05) is 39.0 Å². The van der Waals surface area contributed by atoms with Gasteiger partial charge < -0.3 is 13.3 Å². The standard InChI is InChI=1S/C19H23NO3S8Si/c1-4-21-32(22-5-2,23-6-3)18-14-10-9-13-17(18)25-27-29-31-30-28-26-19-20-15-11-7-8-12-16(15)24-19/h7-14H,4-6H2,1-3H3. The smallest absolute Gasteiger partial charge is 0.370 e. The molecule has 0 N–H and O–H groups in total. The number of para-hydroxylation sites is 1. The highest BCUT2D eigenvalue weighted by molar-refractivity contribution is 9.46. The molecular weight excluding hydrogens is 575 g/mol. The molecule has 0 aliphatic rings. The normalized spacial score (nSPS) is 12.0. The number of fused-ring (bicyclic) bond motifs is 1. The van der Waals surface area contributed by atoms with Gasteiger partial charge in [0.1, 0.15) is 0 Å². The summed E-state index contributed by atoms with van der Waals surface area (Å²) in [6.07, 6.45) is 0. The number of nitrogens with zero attached hydrogens (tertiary/aromatic N) is 1. The molecule has 0 saturated heterocycles. The second-order valence-corrected chi connectivity index (χ2v) is 20.6. The molecule has 3 aromatic rings. The summed E-state index contributed by atoms with van der Waals surface area (Å²) >= 11 is 1.74. The highest BCUT2D eigenvalue weighted by Crippen LogP contribution is 2.57. The molecule has 0 atom stereocenters. The Balaban J connectivity index is 1.47. The molecule has 0 fully saturated rings. The zero-order valence-corrected chi connectivity index (χ0v) is 25.2. The molecule has 174 valence electrons. The SMILES string of the molecule is CCO[Si](OCC)(OCC)c1ccccc1SSSSSSSc1nc2ccccc2s1. The van der Waals surface area contributed by atoms with E-state index in [1.165, 1.54) is 4.70 Å². The van der Waals surface area contributed by atoms with Crippen LogP contribution in [0.4, 0.5) is 0 Å². The van der Waals surface area contributed by atoms with Crippen molar-refractivity contribution in [2.45, 2.75) is 30.0 Å². The first-order chi connectivity index (χ1) is 15.7. The molecule has 0 aliphatic heterocycles. The maximum atomic E-state index is 6.11. The van der Waals surface area contributed by atoms with Crippen LogP contribution in [0.1, 0.15) is 20.8 Å². The van der Waals surface area contributed by atoms with Crippen molar-refractivity contribution in [3.05, 3.63) is 48.5 Å². The van der Waals surface area contributed by atoms with Crippen LogP contribution < -0.4 is 5.19 Å². The van der Waals surface area contributed by atoms with Crippen molar-refractivity contribution in [2.24, 2.45) is 0 Å². The third-order valence-corrected chi connectivity index (χ3v) is 21.2. The molecule has 3 rings (SSSR count). The summed E-state index contributed by atoms with van der Waals surface area (Å²) in [7, 11) is 9.26. The molecule has 13 heteroatoms. The van der Waals surface area contributed by atoms with Gasteiger partial charge in [-0.15, -0.1) is 11.3 Å². The lowest BCUT2D eigenvalue weighted by atomic mass is 10.3. The first-order valence-electron chi connectivity index (χ1n) is 9.77. The molecule has 1 aromatic heterocycles. The summed E-state index contributed by atoms with van der Waals surface area (Å²) in [5, 5.41) is 1.04. The lowest BCUT2D eigenvalue weighted by molar-refractivity contribution is 0.0854. The Morgan fingerprint density at radius 3 is 2.03 bits per heavy atom. The summed E-state index contributed by atoms with van der Waals surface area (Å²) in [5.41, 5.74) is 1.07. The van der Waals surface area contributed by atoms with Crippen molar-refractivity contribution in [3.63, 3.8) is 0 Å². The van der Waals surface area contributed by atoms with E-state index < -0.39 is 8.80 Å². The fraction of sp³-hybridized carbons (Fsp3) is 0.316. The van der Waals surface area contributed by atoms with Gasteiger partial charge in [0.25, 0.3) is 0 Å². The predicted molar refractivity (Wildman–Crippen MR) is 156 cm³/mol. The summed E-state index contributed by atoms with van der Waals surface area (Å²) < 4.78 is 20.6. The molecule has 0 radical (unpaired) electrons. The first kappa shape index (κ1) is 27.5. The Hall–Kier alpha value is 0.877. The van der Waals surface area contributed by atoms with E-state index in [-0.39, 0.29) is 0 Å². The summed E-state index contributed by atoms with van der Waals surface area (Å²) in [6.45, 7) is 7.63. The zero-order valence-electron chi connectivity index (χ0n) is 17.7. The van der Waals surface area contributed by atoms with Crippen LogP contribution in [-0.2, 0) is 13.3 Å². The molecular formula is C19H23NO3S8Si. The molecule has 1 heterocycles. The van der Waals surface area contributed by atoms with E-state index in [9.17, 15) is 0 Å². The summed E-state index contributed by atoms with van der Waals surface area (Å²) in [6, 6.07) is 16.5. The molecule has 32 heavy (non-hydrogen) atoms. The van der Waals surface area contributed by atoms with E-state index in [1.54, 1.807) is 82.1 Å². The molecule has 0 bridgehead atoms. The van der Waals surface area contributed by atoms with Gasteiger partial charge in [-0.25, -0.2) is 4.98 Å². The Bertz CT molecular complexity index is 913. The number of hydrogen-bond donors (Lipinski definition) is 0. The van der Waals surface area contributed by atoms with Crippen LogP contribution >= 0.6 is 82.1 Å². The molecule has 0 amide bonds. The molecule has 0 unspecified atom stereocenters. The van der Waals surface area contributed by atoms with Crippen molar-refractivity contribution in [1.82, 2.24) is 4.98 Å². The van der Waals surface area contributed by atoms with Gasteiger partial charge in [0.15, 0.2) is 4.34 Å². The van der Waals surface area contributed by atoms with E-state index in [0.29, 0.717) is 19.8 Å². The first-order valence-corrected chi connectivity index (χ1v) is 21.1. The topological polar surface area (TPSA) is 40.6 Å². The lowest BCUT2D eigenvalue weighted by Crippen LogP contribution is -2.57. The molecule has 0 saturated carbocycles. The number of aromatic nitrogens is 1. The van der Waals surface area contributed by atoms with Gasteiger partial charge in [-0.05, 0) is 110 Å². The Kier molecular flexibility index (Phi) is 13.0. The largest absolute Gasteiger partial charge is 0.538 e. The van der Waals surface area contributed by atoms with Crippen LogP contribution in [0, 0.1) is 0 Å². The summed E-state index contributed by atoms with van der Waals surface area (Å²) in [4.78, 5) is 5.79.